The predicted molar refractivity (Wildman–Crippen MR) is 122 cm³/mol. The summed E-state index contributed by atoms with van der Waals surface area (Å²) in [6.07, 6.45) is 9.00. The van der Waals surface area contributed by atoms with Gasteiger partial charge in [0.25, 0.3) is 0 Å². The van der Waals surface area contributed by atoms with Gasteiger partial charge in [-0.25, -0.2) is 4.98 Å². The summed E-state index contributed by atoms with van der Waals surface area (Å²) in [5, 5.41) is 6.30. The van der Waals surface area contributed by atoms with E-state index in [0.29, 0.717) is 12.6 Å². The number of halogens is 1. The van der Waals surface area contributed by atoms with Gasteiger partial charge >= 0.3 is 0 Å². The molecule has 5 rings (SSSR count). The van der Waals surface area contributed by atoms with Gasteiger partial charge in [-0.1, -0.05) is 37.5 Å². The van der Waals surface area contributed by atoms with Crippen LogP contribution in [0.1, 0.15) is 44.9 Å². The summed E-state index contributed by atoms with van der Waals surface area (Å²) < 4.78 is 0.818. The van der Waals surface area contributed by atoms with Gasteiger partial charge in [-0.15, -0.1) is 0 Å². The lowest BCUT2D eigenvalue weighted by molar-refractivity contribution is -0.115. The standard InChI is InChI=1S/C13H16BrN3O.C10H13N/c14-11-7-6-10-13(16-11)17(8-12(18)15-10)9-4-2-1-3-5-9;1-2-4-10(5-3-1)11-8-9-6-7-9/h6-7,9H,1-5,8H2,(H,15,18);1-5,9,11H,6-8H2. The Bertz CT molecular complexity index is 819. The molecule has 0 saturated heterocycles. The third-order valence-electron chi connectivity index (χ3n) is 5.78. The maximum absolute atomic E-state index is 11.8. The van der Waals surface area contributed by atoms with Crippen molar-refractivity contribution in [3.63, 3.8) is 0 Å². The van der Waals surface area contributed by atoms with Crippen LogP contribution in [0.4, 0.5) is 17.2 Å². The van der Waals surface area contributed by atoms with Gasteiger partial charge in [-0.2, -0.15) is 0 Å². The van der Waals surface area contributed by atoms with Crippen LogP contribution in [0.3, 0.4) is 0 Å². The van der Waals surface area contributed by atoms with Gasteiger partial charge in [0.05, 0.1) is 12.2 Å². The van der Waals surface area contributed by atoms with E-state index in [0.717, 1.165) is 28.6 Å². The number of anilines is 3. The molecule has 0 spiro atoms. The summed E-state index contributed by atoms with van der Waals surface area (Å²) in [5.74, 6) is 1.93. The van der Waals surface area contributed by atoms with Crippen molar-refractivity contribution in [3.8, 4) is 0 Å². The molecule has 1 aliphatic heterocycles. The summed E-state index contributed by atoms with van der Waals surface area (Å²) in [6.45, 7) is 1.59. The first kappa shape index (κ1) is 20.2. The van der Waals surface area contributed by atoms with E-state index in [1.165, 1.54) is 50.6 Å². The number of nitrogens with zero attached hydrogens (tertiary/aromatic N) is 2. The highest BCUT2D eigenvalue weighted by atomic mass is 79.9. The van der Waals surface area contributed by atoms with Crippen LogP contribution >= 0.6 is 15.9 Å². The Labute approximate surface area is 181 Å². The van der Waals surface area contributed by atoms with E-state index in [1.54, 1.807) is 0 Å². The van der Waals surface area contributed by atoms with Gasteiger partial charge in [0, 0.05) is 18.3 Å². The Morgan fingerprint density at radius 2 is 1.79 bits per heavy atom. The van der Waals surface area contributed by atoms with Crippen LogP contribution in [-0.4, -0.2) is 30.0 Å². The van der Waals surface area contributed by atoms with Crippen LogP contribution in [0.5, 0.6) is 0 Å². The second-order valence-corrected chi connectivity index (χ2v) is 8.98. The van der Waals surface area contributed by atoms with Gasteiger partial charge in [0.15, 0.2) is 5.82 Å². The fourth-order valence-corrected chi connectivity index (χ4v) is 4.30. The topological polar surface area (TPSA) is 57.3 Å². The number of para-hydroxylation sites is 1. The zero-order valence-corrected chi connectivity index (χ0v) is 18.3. The molecule has 154 valence electrons. The number of hydrogen-bond acceptors (Lipinski definition) is 4. The highest BCUT2D eigenvalue weighted by Crippen LogP contribution is 2.34. The van der Waals surface area contributed by atoms with Crippen LogP contribution in [0, 0.1) is 5.92 Å². The molecule has 0 atom stereocenters. The molecule has 2 heterocycles. The lowest BCUT2D eigenvalue weighted by Gasteiger charge is -2.38. The number of hydrogen-bond donors (Lipinski definition) is 2. The quantitative estimate of drug-likeness (QED) is 0.600. The van der Waals surface area contributed by atoms with E-state index < -0.39 is 0 Å². The second kappa shape index (κ2) is 9.61. The summed E-state index contributed by atoms with van der Waals surface area (Å²) in [6, 6.07) is 14.6. The van der Waals surface area contributed by atoms with E-state index in [9.17, 15) is 4.79 Å². The molecule has 1 aromatic carbocycles. The van der Waals surface area contributed by atoms with E-state index in [1.807, 2.05) is 18.2 Å². The molecule has 1 amide bonds. The average Bonchev–Trinajstić information content (AvgIpc) is 3.58. The van der Waals surface area contributed by atoms with Crippen molar-refractivity contribution >= 4 is 39.0 Å². The molecule has 1 aromatic heterocycles. The van der Waals surface area contributed by atoms with Crippen molar-refractivity contribution in [2.45, 2.75) is 51.0 Å². The second-order valence-electron chi connectivity index (χ2n) is 8.16. The zero-order valence-electron chi connectivity index (χ0n) is 16.7. The SMILES string of the molecule is O=C1CN(C2CCCCC2)c2nc(Br)ccc2N1.c1ccc(NCC2CC2)cc1. The van der Waals surface area contributed by atoms with Crippen LogP contribution < -0.4 is 15.5 Å². The van der Waals surface area contributed by atoms with Crippen LogP contribution in [-0.2, 0) is 4.79 Å². The predicted octanol–water partition coefficient (Wildman–Crippen LogP) is 5.44. The van der Waals surface area contributed by atoms with Crippen molar-refractivity contribution in [2.75, 3.05) is 28.6 Å². The molecule has 6 heteroatoms. The molecule has 29 heavy (non-hydrogen) atoms. The summed E-state index contributed by atoms with van der Waals surface area (Å²) in [7, 11) is 0. The Morgan fingerprint density at radius 3 is 2.52 bits per heavy atom. The molecule has 2 fully saturated rings. The molecule has 2 aliphatic carbocycles. The number of carbonyl (C=O) groups is 1. The number of carbonyl (C=O) groups excluding carboxylic acids is 1. The molecule has 0 unspecified atom stereocenters. The number of amides is 1. The normalized spacial score (nSPS) is 18.9. The molecule has 3 aliphatic rings. The van der Waals surface area contributed by atoms with Crippen molar-refractivity contribution in [1.29, 1.82) is 0 Å². The minimum Gasteiger partial charge on any atom is -0.385 e. The average molecular weight is 457 g/mol. The van der Waals surface area contributed by atoms with Gasteiger partial charge in [-0.3, -0.25) is 4.79 Å². The van der Waals surface area contributed by atoms with E-state index in [4.69, 9.17) is 0 Å². The summed E-state index contributed by atoms with van der Waals surface area (Å²) >= 11 is 3.41. The Morgan fingerprint density at radius 1 is 1.03 bits per heavy atom. The first-order chi connectivity index (χ1) is 14.2. The molecule has 0 radical (unpaired) electrons. The van der Waals surface area contributed by atoms with E-state index in [-0.39, 0.29) is 5.91 Å². The van der Waals surface area contributed by atoms with Crippen LogP contribution in [0.25, 0.3) is 0 Å². The first-order valence-electron chi connectivity index (χ1n) is 10.7. The number of rotatable bonds is 4. The zero-order chi connectivity index (χ0) is 20.1. The highest BCUT2D eigenvalue weighted by molar-refractivity contribution is 9.10. The van der Waals surface area contributed by atoms with Crippen molar-refractivity contribution < 1.29 is 4.79 Å². The minimum atomic E-state index is 0.0668. The smallest absolute Gasteiger partial charge is 0.244 e. The van der Waals surface area contributed by atoms with E-state index >= 15 is 0 Å². The monoisotopic (exact) mass is 456 g/mol. The van der Waals surface area contributed by atoms with Gasteiger partial charge < -0.3 is 15.5 Å². The molecule has 2 N–H and O–H groups in total. The van der Waals surface area contributed by atoms with Crippen molar-refractivity contribution in [3.05, 3.63) is 47.1 Å². The largest absolute Gasteiger partial charge is 0.385 e. The fourth-order valence-electron chi connectivity index (χ4n) is 4.00. The maximum Gasteiger partial charge on any atom is 0.244 e. The molecule has 0 bridgehead atoms. The van der Waals surface area contributed by atoms with Crippen molar-refractivity contribution in [2.24, 2.45) is 5.92 Å². The molecule has 2 aromatic rings. The number of fused-ring (bicyclic) bond motifs is 1. The third-order valence-corrected chi connectivity index (χ3v) is 6.22. The minimum absolute atomic E-state index is 0.0668. The summed E-state index contributed by atoms with van der Waals surface area (Å²) in [5.41, 5.74) is 2.08. The Balaban J connectivity index is 0.000000159. The lowest BCUT2D eigenvalue weighted by Crippen LogP contribution is -2.46. The lowest BCUT2D eigenvalue weighted by atomic mass is 9.93. The van der Waals surface area contributed by atoms with Gasteiger partial charge in [-0.05, 0) is 71.8 Å². The number of nitrogens with one attached hydrogen (secondary N) is 2. The van der Waals surface area contributed by atoms with Crippen LogP contribution in [0.2, 0.25) is 0 Å². The first-order valence-corrected chi connectivity index (χ1v) is 11.5. The Kier molecular flexibility index (Phi) is 6.70. The Hall–Kier alpha value is -2.08. The fraction of sp³-hybridized carbons (Fsp3) is 0.478. The maximum atomic E-state index is 11.8. The number of pyridine rings is 1. The highest BCUT2D eigenvalue weighted by Gasteiger charge is 2.30. The third kappa shape index (κ3) is 5.72. The molecule has 2 saturated carbocycles. The number of benzene rings is 1. The van der Waals surface area contributed by atoms with Gasteiger partial charge in [0.1, 0.15) is 4.60 Å². The number of aromatic nitrogens is 1. The molecule has 5 nitrogen and oxygen atoms in total. The van der Waals surface area contributed by atoms with E-state index in [2.05, 4.69) is 60.7 Å². The summed E-state index contributed by atoms with van der Waals surface area (Å²) in [4.78, 5) is 18.5. The molecular formula is C23H29BrN4O. The van der Waals surface area contributed by atoms with Crippen LogP contribution in [0.15, 0.2) is 47.1 Å². The van der Waals surface area contributed by atoms with Gasteiger partial charge in [0.2, 0.25) is 5.91 Å². The molecular weight excluding hydrogens is 428 g/mol. The van der Waals surface area contributed by atoms with Crippen molar-refractivity contribution in [1.82, 2.24) is 4.98 Å².